The summed E-state index contributed by atoms with van der Waals surface area (Å²) in [5.41, 5.74) is 0.782. The summed E-state index contributed by atoms with van der Waals surface area (Å²) in [5.74, 6) is 1.64. The Labute approximate surface area is 172 Å². The minimum absolute atomic E-state index is 0.0876. The van der Waals surface area contributed by atoms with Crippen molar-refractivity contribution in [3.05, 3.63) is 78.6 Å². The molecule has 29 heavy (non-hydrogen) atoms. The van der Waals surface area contributed by atoms with Crippen molar-refractivity contribution in [1.82, 2.24) is 14.8 Å². The van der Waals surface area contributed by atoms with Gasteiger partial charge in [0.25, 0.3) is 0 Å². The Hall–Kier alpha value is -3.32. The van der Waals surface area contributed by atoms with Crippen LogP contribution in [0.25, 0.3) is 10.8 Å². The highest BCUT2D eigenvalue weighted by Crippen LogP contribution is 2.20. The highest BCUT2D eigenvalue weighted by molar-refractivity contribution is 7.99. The SMILES string of the molecule is Cn1c(COc2ccccc2)nnc1SCC(=O)Nc1ccc2ccccc2c1. The van der Waals surface area contributed by atoms with Crippen LogP contribution in [0.5, 0.6) is 5.75 Å². The predicted octanol–water partition coefficient (Wildman–Crippen LogP) is 4.28. The van der Waals surface area contributed by atoms with E-state index in [1.54, 1.807) is 0 Å². The van der Waals surface area contributed by atoms with Gasteiger partial charge in [0.1, 0.15) is 12.4 Å². The summed E-state index contributed by atoms with van der Waals surface area (Å²) in [6.45, 7) is 0.317. The third-order valence-electron chi connectivity index (χ3n) is 4.40. The first-order chi connectivity index (χ1) is 14.2. The summed E-state index contributed by atoms with van der Waals surface area (Å²) in [6, 6.07) is 23.5. The van der Waals surface area contributed by atoms with Gasteiger partial charge in [0.05, 0.1) is 5.75 Å². The van der Waals surface area contributed by atoms with Crippen LogP contribution in [0.3, 0.4) is 0 Å². The van der Waals surface area contributed by atoms with Crippen LogP contribution in [0, 0.1) is 0 Å². The summed E-state index contributed by atoms with van der Waals surface area (Å²) >= 11 is 1.34. The molecule has 4 rings (SSSR count). The zero-order valence-corrected chi connectivity index (χ0v) is 16.7. The predicted molar refractivity (Wildman–Crippen MR) is 115 cm³/mol. The second-order valence-electron chi connectivity index (χ2n) is 6.46. The third kappa shape index (κ3) is 4.75. The maximum Gasteiger partial charge on any atom is 0.234 e. The topological polar surface area (TPSA) is 69.0 Å². The van der Waals surface area contributed by atoms with Crippen LogP contribution in [0.1, 0.15) is 5.82 Å². The van der Waals surface area contributed by atoms with Crippen molar-refractivity contribution < 1.29 is 9.53 Å². The minimum Gasteiger partial charge on any atom is -0.486 e. The molecule has 7 heteroatoms. The molecule has 4 aromatic rings. The quantitative estimate of drug-likeness (QED) is 0.466. The Kier molecular flexibility index (Phi) is 5.76. The first kappa shape index (κ1) is 19.0. The number of ether oxygens (including phenoxy) is 1. The molecule has 1 heterocycles. The highest BCUT2D eigenvalue weighted by atomic mass is 32.2. The zero-order valence-electron chi connectivity index (χ0n) is 15.9. The number of hydrogen-bond donors (Lipinski definition) is 1. The number of aromatic nitrogens is 3. The Bertz CT molecular complexity index is 1130. The van der Waals surface area contributed by atoms with E-state index in [2.05, 4.69) is 15.5 Å². The minimum atomic E-state index is -0.0876. The van der Waals surface area contributed by atoms with Crippen LogP contribution in [-0.2, 0) is 18.4 Å². The van der Waals surface area contributed by atoms with E-state index < -0.39 is 0 Å². The summed E-state index contributed by atoms with van der Waals surface area (Å²) in [5, 5.41) is 14.2. The van der Waals surface area contributed by atoms with E-state index >= 15 is 0 Å². The summed E-state index contributed by atoms with van der Waals surface area (Å²) in [6.07, 6.45) is 0. The lowest BCUT2D eigenvalue weighted by molar-refractivity contribution is -0.113. The van der Waals surface area contributed by atoms with Crippen LogP contribution >= 0.6 is 11.8 Å². The number of nitrogens with zero attached hydrogens (tertiary/aromatic N) is 3. The number of rotatable bonds is 7. The molecule has 0 atom stereocenters. The van der Waals surface area contributed by atoms with Gasteiger partial charge in [0.2, 0.25) is 5.91 Å². The van der Waals surface area contributed by atoms with Crippen molar-refractivity contribution in [3.8, 4) is 5.75 Å². The van der Waals surface area contributed by atoms with Crippen LogP contribution in [0.15, 0.2) is 78.0 Å². The Balaban J connectivity index is 1.32. The molecule has 0 bridgehead atoms. The number of thioether (sulfide) groups is 1. The zero-order chi connectivity index (χ0) is 20.1. The molecule has 146 valence electrons. The molecule has 0 aliphatic heterocycles. The smallest absolute Gasteiger partial charge is 0.234 e. The fourth-order valence-electron chi connectivity index (χ4n) is 2.86. The van der Waals surface area contributed by atoms with Gasteiger partial charge in [-0.15, -0.1) is 10.2 Å². The van der Waals surface area contributed by atoms with Gasteiger partial charge in [-0.25, -0.2) is 0 Å². The summed E-state index contributed by atoms with van der Waals surface area (Å²) in [4.78, 5) is 12.3. The van der Waals surface area contributed by atoms with Crippen molar-refractivity contribution in [3.63, 3.8) is 0 Å². The average Bonchev–Trinajstić information content (AvgIpc) is 3.11. The number of anilines is 1. The summed E-state index contributed by atoms with van der Waals surface area (Å²) in [7, 11) is 1.87. The van der Waals surface area contributed by atoms with Crippen molar-refractivity contribution in [2.75, 3.05) is 11.1 Å². The number of fused-ring (bicyclic) bond motifs is 1. The Morgan fingerprint density at radius 1 is 1.00 bits per heavy atom. The lowest BCUT2D eigenvalue weighted by Gasteiger charge is -2.07. The monoisotopic (exact) mass is 404 g/mol. The molecule has 6 nitrogen and oxygen atoms in total. The normalized spacial score (nSPS) is 10.8. The largest absolute Gasteiger partial charge is 0.486 e. The molecule has 0 saturated carbocycles. The number of nitrogens with one attached hydrogen (secondary N) is 1. The van der Waals surface area contributed by atoms with Crippen molar-refractivity contribution in [1.29, 1.82) is 0 Å². The fourth-order valence-corrected chi connectivity index (χ4v) is 3.59. The highest BCUT2D eigenvalue weighted by Gasteiger charge is 2.12. The molecule has 0 saturated heterocycles. The van der Waals surface area contributed by atoms with Crippen molar-refractivity contribution in [2.24, 2.45) is 7.05 Å². The van der Waals surface area contributed by atoms with Gasteiger partial charge in [-0.05, 0) is 35.0 Å². The Morgan fingerprint density at radius 2 is 1.76 bits per heavy atom. The van der Waals surface area contributed by atoms with Gasteiger partial charge in [0.15, 0.2) is 11.0 Å². The van der Waals surface area contributed by atoms with E-state index in [4.69, 9.17) is 4.74 Å². The van der Waals surface area contributed by atoms with Gasteiger partial charge in [-0.3, -0.25) is 4.79 Å². The molecule has 0 fully saturated rings. The molecular weight excluding hydrogens is 384 g/mol. The van der Waals surface area contributed by atoms with E-state index in [-0.39, 0.29) is 11.7 Å². The van der Waals surface area contributed by atoms with Crippen molar-refractivity contribution in [2.45, 2.75) is 11.8 Å². The molecule has 1 aromatic heterocycles. The number of benzene rings is 3. The van der Waals surface area contributed by atoms with Gasteiger partial charge < -0.3 is 14.6 Å². The number of amides is 1. The van der Waals surface area contributed by atoms with E-state index in [0.29, 0.717) is 17.6 Å². The van der Waals surface area contributed by atoms with Gasteiger partial charge in [-0.1, -0.05) is 60.3 Å². The first-order valence-electron chi connectivity index (χ1n) is 9.16. The molecule has 0 spiro atoms. The molecular formula is C22H20N4O2S. The standard InChI is InChI=1S/C22H20N4O2S/c1-26-20(14-28-19-9-3-2-4-10-19)24-25-22(26)29-15-21(27)23-18-12-11-16-7-5-6-8-17(16)13-18/h2-13H,14-15H2,1H3,(H,23,27). The number of carbonyl (C=O) groups is 1. The lowest BCUT2D eigenvalue weighted by atomic mass is 10.1. The lowest BCUT2D eigenvalue weighted by Crippen LogP contribution is -2.14. The fraction of sp³-hybridized carbons (Fsp3) is 0.136. The van der Waals surface area contributed by atoms with Crippen molar-refractivity contribution >= 4 is 34.1 Å². The average molecular weight is 404 g/mol. The molecule has 1 N–H and O–H groups in total. The molecule has 1 amide bonds. The van der Waals surface area contributed by atoms with Gasteiger partial charge in [-0.2, -0.15) is 0 Å². The molecule has 0 aliphatic carbocycles. The maximum absolute atomic E-state index is 12.3. The molecule has 0 aliphatic rings. The van der Waals surface area contributed by atoms with E-state index in [1.165, 1.54) is 11.8 Å². The second kappa shape index (κ2) is 8.79. The van der Waals surface area contributed by atoms with Crippen LogP contribution < -0.4 is 10.1 Å². The van der Waals surface area contributed by atoms with E-state index in [0.717, 1.165) is 22.2 Å². The molecule has 0 unspecified atom stereocenters. The number of hydrogen-bond acceptors (Lipinski definition) is 5. The second-order valence-corrected chi connectivity index (χ2v) is 7.40. The maximum atomic E-state index is 12.3. The van der Waals surface area contributed by atoms with Gasteiger partial charge in [0, 0.05) is 12.7 Å². The van der Waals surface area contributed by atoms with Crippen LogP contribution in [0.4, 0.5) is 5.69 Å². The van der Waals surface area contributed by atoms with Gasteiger partial charge >= 0.3 is 0 Å². The number of carbonyl (C=O) groups excluding carboxylic acids is 1. The Morgan fingerprint density at radius 3 is 2.59 bits per heavy atom. The van der Waals surface area contributed by atoms with Crippen LogP contribution in [-0.4, -0.2) is 26.4 Å². The third-order valence-corrected chi connectivity index (χ3v) is 5.42. The molecule has 0 radical (unpaired) electrons. The van der Waals surface area contributed by atoms with E-state index in [1.807, 2.05) is 84.4 Å². The number of para-hydroxylation sites is 1. The van der Waals surface area contributed by atoms with E-state index in [9.17, 15) is 4.79 Å². The van der Waals surface area contributed by atoms with Crippen LogP contribution in [0.2, 0.25) is 0 Å². The molecule has 3 aromatic carbocycles. The first-order valence-corrected chi connectivity index (χ1v) is 10.2. The summed E-state index contributed by atoms with van der Waals surface area (Å²) < 4.78 is 7.56.